The van der Waals surface area contributed by atoms with E-state index in [1.54, 1.807) is 6.20 Å². The average Bonchev–Trinajstić information content (AvgIpc) is 3.16. The molecular formula is C24H24BBrClN5. The summed E-state index contributed by atoms with van der Waals surface area (Å²) in [6.07, 6.45) is 3.95. The lowest BCUT2D eigenvalue weighted by Gasteiger charge is -2.33. The molecule has 0 amide bonds. The van der Waals surface area contributed by atoms with Gasteiger partial charge in [0.1, 0.15) is 13.7 Å². The fourth-order valence-corrected chi connectivity index (χ4v) is 4.94. The van der Waals surface area contributed by atoms with Crippen molar-refractivity contribution < 1.29 is 0 Å². The first-order valence-corrected chi connectivity index (χ1v) is 12.1. The molecule has 162 valence electrons. The zero-order valence-electron chi connectivity index (χ0n) is 17.9. The Balaban J connectivity index is 1.34. The van der Waals surface area contributed by atoms with E-state index in [0.29, 0.717) is 11.1 Å². The lowest BCUT2D eigenvalue weighted by molar-refractivity contribution is 0.211. The number of benzene rings is 2. The number of piperidine rings is 1. The third-order valence-electron chi connectivity index (χ3n) is 6.01. The smallest absolute Gasteiger partial charge is 0.172 e. The van der Waals surface area contributed by atoms with Gasteiger partial charge < -0.3 is 5.32 Å². The summed E-state index contributed by atoms with van der Waals surface area (Å²) in [5.41, 5.74) is 5.24. The molecule has 0 aliphatic carbocycles. The van der Waals surface area contributed by atoms with E-state index in [1.165, 1.54) is 11.0 Å². The van der Waals surface area contributed by atoms with E-state index in [0.717, 1.165) is 59.7 Å². The third kappa shape index (κ3) is 4.56. The van der Waals surface area contributed by atoms with Crippen LogP contribution in [0, 0.1) is 0 Å². The molecule has 0 unspecified atom stereocenters. The number of hydrogen-bond donors (Lipinski definition) is 1. The number of aromatic nitrogens is 3. The minimum Gasteiger partial charge on any atom is -0.367 e. The second-order valence-electron chi connectivity index (χ2n) is 8.42. The van der Waals surface area contributed by atoms with Crippen molar-refractivity contribution in [3.63, 3.8) is 0 Å². The van der Waals surface area contributed by atoms with Crippen molar-refractivity contribution in [2.45, 2.75) is 25.4 Å². The number of fused-ring (bicyclic) bond motifs is 1. The fourth-order valence-electron chi connectivity index (χ4n) is 4.36. The van der Waals surface area contributed by atoms with Crippen molar-refractivity contribution in [1.29, 1.82) is 0 Å². The molecule has 1 N–H and O–H groups in total. The maximum absolute atomic E-state index is 6.46. The topological polar surface area (TPSA) is 45.5 Å². The van der Waals surface area contributed by atoms with E-state index >= 15 is 0 Å². The van der Waals surface area contributed by atoms with Gasteiger partial charge in [-0.15, -0.1) is 0 Å². The summed E-state index contributed by atoms with van der Waals surface area (Å²) in [5, 5.41) is 8.94. The van der Waals surface area contributed by atoms with E-state index < -0.39 is 0 Å². The number of nitrogens with zero attached hydrogens (tertiary/aromatic N) is 4. The average molecular weight is 509 g/mol. The van der Waals surface area contributed by atoms with E-state index in [1.807, 2.05) is 34.8 Å². The van der Waals surface area contributed by atoms with Crippen LogP contribution in [0.1, 0.15) is 18.4 Å². The van der Waals surface area contributed by atoms with E-state index in [9.17, 15) is 0 Å². The summed E-state index contributed by atoms with van der Waals surface area (Å²) in [7, 11) is 2.15. The van der Waals surface area contributed by atoms with Crippen molar-refractivity contribution in [3.8, 4) is 11.3 Å². The van der Waals surface area contributed by atoms with Crippen molar-refractivity contribution in [3.05, 3.63) is 75.9 Å². The molecule has 5 nitrogen and oxygen atoms in total. The van der Waals surface area contributed by atoms with Crippen molar-refractivity contribution in [2.75, 3.05) is 18.4 Å². The monoisotopic (exact) mass is 507 g/mol. The van der Waals surface area contributed by atoms with Crippen molar-refractivity contribution in [1.82, 2.24) is 19.5 Å². The van der Waals surface area contributed by atoms with Gasteiger partial charge in [-0.3, -0.25) is 4.90 Å². The second-order valence-corrected chi connectivity index (χ2v) is 9.68. The highest BCUT2D eigenvalue weighted by Crippen LogP contribution is 2.31. The van der Waals surface area contributed by atoms with Crippen LogP contribution in [0.15, 0.2) is 65.3 Å². The number of halogens is 2. The number of likely N-dealkylation sites (tertiary alicyclic amines) is 1. The molecule has 2 aromatic carbocycles. The van der Waals surface area contributed by atoms with Crippen LogP contribution in [0.4, 0.5) is 5.82 Å². The number of hydrogen-bond acceptors (Lipinski definition) is 4. The lowest BCUT2D eigenvalue weighted by atomic mass is 9.94. The molecular weight excluding hydrogens is 484 g/mol. The van der Waals surface area contributed by atoms with Crippen LogP contribution in [0.3, 0.4) is 0 Å². The molecule has 1 fully saturated rings. The van der Waals surface area contributed by atoms with Crippen molar-refractivity contribution >= 4 is 52.3 Å². The molecule has 0 spiro atoms. The summed E-state index contributed by atoms with van der Waals surface area (Å²) in [6.45, 7) is 3.15. The third-order valence-corrected chi connectivity index (χ3v) is 6.90. The highest BCUT2D eigenvalue weighted by atomic mass is 79.9. The van der Waals surface area contributed by atoms with E-state index in [4.69, 9.17) is 16.6 Å². The first kappa shape index (κ1) is 21.5. The quantitative estimate of drug-likeness (QED) is 0.412. The molecule has 0 bridgehead atoms. The number of anilines is 1. The standard InChI is InChI=1S/C24H24BBrClN5/c25-17-5-3-4-16(12-17)15-31-10-8-18(9-11-31)29-23-13-22(19-6-1-2-7-21(19)27)30-24-20(26)14-28-32(23)24/h1-7,12-14,18,29H,8-11,15,25H2. The minimum absolute atomic E-state index is 0.386. The number of rotatable bonds is 5. The van der Waals surface area contributed by atoms with Gasteiger partial charge in [0.2, 0.25) is 0 Å². The van der Waals surface area contributed by atoms with Gasteiger partial charge >= 0.3 is 0 Å². The SMILES string of the molecule is Bc1cccc(CN2CCC(Nc3cc(-c4ccccc4Cl)nc4c(Br)cnn34)CC2)c1. The highest BCUT2D eigenvalue weighted by Gasteiger charge is 2.21. The van der Waals surface area contributed by atoms with Crippen LogP contribution < -0.4 is 10.8 Å². The minimum atomic E-state index is 0.386. The molecule has 1 aliphatic heterocycles. The lowest BCUT2D eigenvalue weighted by Crippen LogP contribution is -2.39. The first-order chi connectivity index (χ1) is 15.6. The van der Waals surface area contributed by atoms with Gasteiger partial charge in [-0.05, 0) is 40.4 Å². The summed E-state index contributed by atoms with van der Waals surface area (Å²) < 4.78 is 2.73. The van der Waals surface area contributed by atoms with Gasteiger partial charge in [-0.25, -0.2) is 4.98 Å². The Morgan fingerprint density at radius 3 is 2.69 bits per heavy atom. The molecule has 5 rings (SSSR count). The Bertz CT molecular complexity index is 1250. The molecule has 2 aromatic heterocycles. The Labute approximate surface area is 202 Å². The predicted octanol–water partition coefficient (Wildman–Crippen LogP) is 4.15. The molecule has 0 radical (unpaired) electrons. The Morgan fingerprint density at radius 2 is 1.91 bits per heavy atom. The molecule has 1 aliphatic rings. The van der Waals surface area contributed by atoms with E-state index in [2.05, 4.69) is 63.4 Å². The molecule has 3 heterocycles. The van der Waals surface area contributed by atoms with Crippen LogP contribution in [0.25, 0.3) is 16.9 Å². The van der Waals surface area contributed by atoms with E-state index in [-0.39, 0.29) is 0 Å². The molecule has 8 heteroatoms. The second kappa shape index (κ2) is 9.26. The molecule has 0 saturated carbocycles. The zero-order chi connectivity index (χ0) is 22.1. The fraction of sp³-hybridized carbons (Fsp3) is 0.250. The van der Waals surface area contributed by atoms with Crippen LogP contribution in [0.2, 0.25) is 5.02 Å². The molecule has 0 atom stereocenters. The summed E-state index contributed by atoms with van der Waals surface area (Å²) in [4.78, 5) is 7.34. The molecule has 1 saturated heterocycles. The van der Waals surface area contributed by atoms with Crippen LogP contribution >= 0.6 is 27.5 Å². The van der Waals surface area contributed by atoms with Gasteiger partial charge in [0.05, 0.1) is 16.4 Å². The summed E-state index contributed by atoms with van der Waals surface area (Å²) in [5.74, 6) is 0.938. The van der Waals surface area contributed by atoms with Crippen LogP contribution in [0.5, 0.6) is 0 Å². The van der Waals surface area contributed by atoms with Gasteiger partial charge in [0, 0.05) is 42.3 Å². The Hall–Kier alpha value is -2.35. The van der Waals surface area contributed by atoms with Gasteiger partial charge in [0.25, 0.3) is 0 Å². The van der Waals surface area contributed by atoms with Gasteiger partial charge in [-0.2, -0.15) is 9.61 Å². The normalized spacial score (nSPS) is 15.3. The number of nitrogens with one attached hydrogen (secondary N) is 1. The van der Waals surface area contributed by atoms with Gasteiger partial charge in [0.15, 0.2) is 5.65 Å². The van der Waals surface area contributed by atoms with Crippen LogP contribution in [-0.4, -0.2) is 46.5 Å². The first-order valence-electron chi connectivity index (χ1n) is 10.9. The summed E-state index contributed by atoms with van der Waals surface area (Å²) >= 11 is 10.0. The maximum Gasteiger partial charge on any atom is 0.172 e. The maximum atomic E-state index is 6.46. The zero-order valence-corrected chi connectivity index (χ0v) is 20.3. The van der Waals surface area contributed by atoms with Crippen molar-refractivity contribution in [2.24, 2.45) is 0 Å². The highest BCUT2D eigenvalue weighted by molar-refractivity contribution is 9.10. The molecule has 32 heavy (non-hydrogen) atoms. The van der Waals surface area contributed by atoms with Gasteiger partial charge in [-0.1, -0.05) is 59.5 Å². The largest absolute Gasteiger partial charge is 0.367 e. The molecule has 4 aromatic rings. The Morgan fingerprint density at radius 1 is 1.09 bits per heavy atom. The Kier molecular flexibility index (Phi) is 6.22. The van der Waals surface area contributed by atoms with Crippen LogP contribution in [-0.2, 0) is 6.54 Å². The summed E-state index contributed by atoms with van der Waals surface area (Å²) in [6, 6.07) is 19.0. The predicted molar refractivity (Wildman–Crippen MR) is 138 cm³/mol.